The summed E-state index contributed by atoms with van der Waals surface area (Å²) in [6, 6.07) is 10.4. The van der Waals surface area contributed by atoms with Gasteiger partial charge in [0.1, 0.15) is 0 Å². The highest BCUT2D eigenvalue weighted by molar-refractivity contribution is 5.65. The van der Waals surface area contributed by atoms with Gasteiger partial charge in [0.05, 0.1) is 0 Å². The van der Waals surface area contributed by atoms with Gasteiger partial charge < -0.3 is 15.3 Å². The zero-order valence-electron chi connectivity index (χ0n) is 9.10. The van der Waals surface area contributed by atoms with Gasteiger partial charge in [-0.25, -0.2) is 4.79 Å². The van der Waals surface area contributed by atoms with Crippen molar-refractivity contribution >= 4 is 6.09 Å². The zero-order valence-corrected chi connectivity index (χ0v) is 9.10. The number of likely N-dealkylation sites (tertiary alicyclic amines) is 1. The van der Waals surface area contributed by atoms with Gasteiger partial charge in [0.15, 0.2) is 0 Å². The molecule has 1 aliphatic heterocycles. The van der Waals surface area contributed by atoms with Gasteiger partial charge in [-0.2, -0.15) is 0 Å². The molecular formula is C12H16N2O2. The summed E-state index contributed by atoms with van der Waals surface area (Å²) < 4.78 is 0. The van der Waals surface area contributed by atoms with Crippen LogP contribution >= 0.6 is 0 Å². The Kier molecular flexibility index (Phi) is 3.41. The van der Waals surface area contributed by atoms with Gasteiger partial charge in [-0.05, 0) is 12.0 Å². The molecular weight excluding hydrogens is 204 g/mol. The number of hydrogen-bond donors (Lipinski definition) is 2. The summed E-state index contributed by atoms with van der Waals surface area (Å²) >= 11 is 0. The highest BCUT2D eigenvalue weighted by atomic mass is 16.4. The van der Waals surface area contributed by atoms with Crippen LogP contribution in [0.3, 0.4) is 0 Å². The lowest BCUT2D eigenvalue weighted by Gasteiger charge is -2.13. The summed E-state index contributed by atoms with van der Waals surface area (Å²) in [6.07, 6.45) is 0.0862. The number of carbonyl (C=O) groups is 1. The van der Waals surface area contributed by atoms with Gasteiger partial charge in [-0.1, -0.05) is 30.3 Å². The average Bonchev–Trinajstić information content (AvgIpc) is 2.76. The predicted molar refractivity (Wildman–Crippen MR) is 61.3 cm³/mol. The summed E-state index contributed by atoms with van der Waals surface area (Å²) in [5, 5.41) is 12.2. The van der Waals surface area contributed by atoms with Crippen LogP contribution < -0.4 is 5.32 Å². The lowest BCUT2D eigenvalue weighted by molar-refractivity contribution is 0.154. The quantitative estimate of drug-likeness (QED) is 0.812. The first kappa shape index (κ1) is 11.0. The molecule has 1 amide bonds. The maximum Gasteiger partial charge on any atom is 0.407 e. The summed E-state index contributed by atoms with van der Waals surface area (Å²) in [5.74, 6) is 0. The van der Waals surface area contributed by atoms with Crippen molar-refractivity contribution in [1.82, 2.24) is 10.2 Å². The van der Waals surface area contributed by atoms with E-state index in [9.17, 15) is 4.79 Å². The highest BCUT2D eigenvalue weighted by Crippen LogP contribution is 2.10. The number of benzene rings is 1. The summed E-state index contributed by atoms with van der Waals surface area (Å²) in [6.45, 7) is 2.04. The lowest BCUT2D eigenvalue weighted by Crippen LogP contribution is -2.34. The van der Waals surface area contributed by atoms with Crippen LogP contribution in [0.15, 0.2) is 30.3 Å². The number of nitrogens with zero attached hydrogens (tertiary/aromatic N) is 1. The smallest absolute Gasteiger partial charge is 0.407 e. The molecule has 16 heavy (non-hydrogen) atoms. The molecule has 0 bridgehead atoms. The maximum absolute atomic E-state index is 10.7. The molecule has 0 saturated carbocycles. The Morgan fingerprint density at radius 3 is 2.81 bits per heavy atom. The molecule has 1 aromatic rings. The highest BCUT2D eigenvalue weighted by Gasteiger charge is 2.24. The van der Waals surface area contributed by atoms with Gasteiger partial charge in [0.25, 0.3) is 0 Å². The van der Waals surface area contributed by atoms with Crippen molar-refractivity contribution in [2.24, 2.45) is 0 Å². The molecule has 0 unspecified atom stereocenters. The third-order valence-corrected chi connectivity index (χ3v) is 2.90. The summed E-state index contributed by atoms with van der Waals surface area (Å²) in [7, 11) is 0. The third-order valence-electron chi connectivity index (χ3n) is 2.90. The van der Waals surface area contributed by atoms with E-state index in [4.69, 9.17) is 5.11 Å². The molecule has 4 heteroatoms. The molecule has 1 atom stereocenters. The molecule has 4 nitrogen and oxygen atoms in total. The molecule has 1 aromatic carbocycles. The Morgan fingerprint density at radius 1 is 1.44 bits per heavy atom. The molecule has 0 spiro atoms. The van der Waals surface area contributed by atoms with E-state index in [0.29, 0.717) is 13.1 Å². The number of amides is 1. The number of rotatable bonds is 3. The van der Waals surface area contributed by atoms with Crippen molar-refractivity contribution in [3.05, 3.63) is 35.9 Å². The summed E-state index contributed by atoms with van der Waals surface area (Å²) in [5.41, 5.74) is 1.23. The van der Waals surface area contributed by atoms with Crippen LogP contribution in [0.1, 0.15) is 12.0 Å². The van der Waals surface area contributed by atoms with Crippen molar-refractivity contribution in [3.8, 4) is 0 Å². The Bertz CT molecular complexity index is 353. The van der Waals surface area contributed by atoms with E-state index in [2.05, 4.69) is 17.4 Å². The molecule has 1 aliphatic rings. The SMILES string of the molecule is O=C(O)N1CC[C@H](NCc2ccccc2)C1. The van der Waals surface area contributed by atoms with Crippen LogP contribution in [0.2, 0.25) is 0 Å². The van der Waals surface area contributed by atoms with Crippen molar-refractivity contribution in [1.29, 1.82) is 0 Å². The third kappa shape index (κ3) is 2.73. The van der Waals surface area contributed by atoms with Crippen LogP contribution in [0.5, 0.6) is 0 Å². The van der Waals surface area contributed by atoms with Crippen LogP contribution in [0, 0.1) is 0 Å². The van der Waals surface area contributed by atoms with Crippen molar-refractivity contribution in [2.45, 2.75) is 19.0 Å². The molecule has 0 aliphatic carbocycles. The number of nitrogens with one attached hydrogen (secondary N) is 1. The molecule has 0 aromatic heterocycles. The fraction of sp³-hybridized carbons (Fsp3) is 0.417. The van der Waals surface area contributed by atoms with E-state index >= 15 is 0 Å². The molecule has 86 valence electrons. The Balaban J connectivity index is 1.78. The Labute approximate surface area is 94.9 Å². The minimum absolute atomic E-state index is 0.288. The van der Waals surface area contributed by atoms with Crippen LogP contribution in [0.4, 0.5) is 4.79 Å². The Hall–Kier alpha value is -1.55. The first-order valence-electron chi connectivity index (χ1n) is 5.51. The summed E-state index contributed by atoms with van der Waals surface area (Å²) in [4.78, 5) is 12.2. The van der Waals surface area contributed by atoms with E-state index < -0.39 is 6.09 Å². The van der Waals surface area contributed by atoms with Crippen LogP contribution in [0.25, 0.3) is 0 Å². The molecule has 1 saturated heterocycles. The van der Waals surface area contributed by atoms with Gasteiger partial charge in [0.2, 0.25) is 0 Å². The van der Waals surface area contributed by atoms with Crippen molar-refractivity contribution < 1.29 is 9.90 Å². The van der Waals surface area contributed by atoms with E-state index in [1.54, 1.807) is 0 Å². The van der Waals surface area contributed by atoms with Crippen LogP contribution in [-0.4, -0.2) is 35.2 Å². The van der Waals surface area contributed by atoms with Gasteiger partial charge in [-0.3, -0.25) is 0 Å². The van der Waals surface area contributed by atoms with E-state index in [0.717, 1.165) is 13.0 Å². The Morgan fingerprint density at radius 2 is 2.19 bits per heavy atom. The topological polar surface area (TPSA) is 52.6 Å². The van der Waals surface area contributed by atoms with E-state index in [-0.39, 0.29) is 6.04 Å². The van der Waals surface area contributed by atoms with Crippen LogP contribution in [-0.2, 0) is 6.54 Å². The molecule has 1 heterocycles. The van der Waals surface area contributed by atoms with Crippen molar-refractivity contribution in [3.63, 3.8) is 0 Å². The minimum atomic E-state index is -0.816. The van der Waals surface area contributed by atoms with E-state index in [1.165, 1.54) is 10.5 Å². The second-order valence-electron chi connectivity index (χ2n) is 4.08. The van der Waals surface area contributed by atoms with Gasteiger partial charge in [0, 0.05) is 25.7 Å². The molecule has 0 radical (unpaired) electrons. The fourth-order valence-electron chi connectivity index (χ4n) is 1.96. The van der Waals surface area contributed by atoms with E-state index in [1.807, 2.05) is 18.2 Å². The first-order chi connectivity index (χ1) is 7.75. The maximum atomic E-state index is 10.7. The molecule has 2 N–H and O–H groups in total. The monoisotopic (exact) mass is 220 g/mol. The van der Waals surface area contributed by atoms with Gasteiger partial charge >= 0.3 is 6.09 Å². The second kappa shape index (κ2) is 4.99. The molecule has 1 fully saturated rings. The van der Waals surface area contributed by atoms with Crippen molar-refractivity contribution in [2.75, 3.05) is 13.1 Å². The molecule has 2 rings (SSSR count). The standard InChI is InChI=1S/C12H16N2O2/c15-12(16)14-7-6-11(9-14)13-8-10-4-2-1-3-5-10/h1-5,11,13H,6-9H2,(H,15,16)/t11-/m0/s1. The van der Waals surface area contributed by atoms with Gasteiger partial charge in [-0.15, -0.1) is 0 Å². The fourth-order valence-corrected chi connectivity index (χ4v) is 1.96. The largest absolute Gasteiger partial charge is 0.465 e. The zero-order chi connectivity index (χ0) is 11.4. The lowest BCUT2D eigenvalue weighted by atomic mass is 10.2. The predicted octanol–water partition coefficient (Wildman–Crippen LogP) is 1.53. The number of hydrogen-bond acceptors (Lipinski definition) is 2. The normalized spacial score (nSPS) is 20.0. The second-order valence-corrected chi connectivity index (χ2v) is 4.08. The average molecular weight is 220 g/mol. The first-order valence-corrected chi connectivity index (χ1v) is 5.51. The minimum Gasteiger partial charge on any atom is -0.465 e. The number of carboxylic acid groups (broad SMARTS) is 1.